The van der Waals surface area contributed by atoms with Crippen LogP contribution in [0.4, 0.5) is 8.78 Å². The quantitative estimate of drug-likeness (QED) is 0.495. The number of phenolic OH excluding ortho intramolecular Hbond substituents is 1. The Bertz CT molecular complexity index is 886. The standard InChI is InChI=1S/C25H30F2O3/c1-3-5-18-10-11-19(15-21(18)26)17-8-6-16(7-9-17)14-22(28)20-12-13-23(30-4-2)24(27)25(20)29/h10-13,15-17,29H,3-9,14H2,1-2H3. The molecule has 162 valence electrons. The van der Waals surface area contributed by atoms with E-state index in [0.717, 1.165) is 49.7 Å². The lowest BCUT2D eigenvalue weighted by atomic mass is 9.76. The van der Waals surface area contributed by atoms with Crippen LogP contribution in [-0.4, -0.2) is 17.5 Å². The van der Waals surface area contributed by atoms with Crippen molar-refractivity contribution in [1.82, 2.24) is 0 Å². The number of hydrogen-bond donors (Lipinski definition) is 1. The Morgan fingerprint density at radius 2 is 1.83 bits per heavy atom. The first-order valence-electron chi connectivity index (χ1n) is 10.9. The molecule has 1 N–H and O–H groups in total. The SMILES string of the molecule is CCCc1ccc(C2CCC(CC(=O)c3ccc(OCC)c(F)c3O)CC2)cc1F. The van der Waals surface area contributed by atoms with Crippen LogP contribution in [0.1, 0.15) is 79.8 Å². The first-order valence-corrected chi connectivity index (χ1v) is 10.9. The molecule has 2 aromatic carbocycles. The lowest BCUT2D eigenvalue weighted by Gasteiger charge is -2.28. The molecule has 0 aromatic heterocycles. The first kappa shape index (κ1) is 22.3. The molecule has 5 heteroatoms. The lowest BCUT2D eigenvalue weighted by Crippen LogP contribution is -2.17. The number of carbonyl (C=O) groups is 1. The van der Waals surface area contributed by atoms with Crippen molar-refractivity contribution in [2.75, 3.05) is 6.61 Å². The van der Waals surface area contributed by atoms with Crippen LogP contribution in [0.15, 0.2) is 30.3 Å². The van der Waals surface area contributed by atoms with E-state index in [1.54, 1.807) is 13.0 Å². The Balaban J connectivity index is 1.59. The minimum Gasteiger partial charge on any atom is -0.504 e. The second-order valence-corrected chi connectivity index (χ2v) is 8.15. The molecule has 1 saturated carbocycles. The molecule has 2 aromatic rings. The average Bonchev–Trinajstić information content (AvgIpc) is 2.74. The molecule has 0 unspecified atom stereocenters. The minimum absolute atomic E-state index is 0.00617. The molecule has 3 rings (SSSR count). The van der Waals surface area contributed by atoms with Crippen LogP contribution < -0.4 is 4.74 Å². The van der Waals surface area contributed by atoms with Gasteiger partial charge in [-0.3, -0.25) is 4.79 Å². The number of ether oxygens (including phenoxy) is 1. The van der Waals surface area contributed by atoms with Crippen LogP contribution in [0.3, 0.4) is 0 Å². The zero-order valence-corrected chi connectivity index (χ0v) is 17.7. The van der Waals surface area contributed by atoms with E-state index in [4.69, 9.17) is 4.74 Å². The number of halogens is 2. The van der Waals surface area contributed by atoms with Crippen LogP contribution >= 0.6 is 0 Å². The third-order valence-corrected chi connectivity index (χ3v) is 6.07. The Morgan fingerprint density at radius 1 is 1.10 bits per heavy atom. The summed E-state index contributed by atoms with van der Waals surface area (Å²) < 4.78 is 33.6. The molecule has 1 aliphatic carbocycles. The summed E-state index contributed by atoms with van der Waals surface area (Å²) in [5, 5.41) is 10.1. The van der Waals surface area contributed by atoms with E-state index in [1.165, 1.54) is 12.1 Å². The van der Waals surface area contributed by atoms with Crippen molar-refractivity contribution in [2.45, 2.75) is 64.7 Å². The van der Waals surface area contributed by atoms with Gasteiger partial charge in [0, 0.05) is 6.42 Å². The fraction of sp³-hybridized carbons (Fsp3) is 0.480. The van der Waals surface area contributed by atoms with Crippen LogP contribution in [0.2, 0.25) is 0 Å². The van der Waals surface area contributed by atoms with Gasteiger partial charge in [-0.1, -0.05) is 25.5 Å². The summed E-state index contributed by atoms with van der Waals surface area (Å²) >= 11 is 0. The number of phenols is 1. The van der Waals surface area contributed by atoms with Gasteiger partial charge in [0.2, 0.25) is 5.82 Å². The molecule has 0 amide bonds. The number of ketones is 1. The number of carbonyl (C=O) groups excluding carboxylic acids is 1. The average molecular weight is 417 g/mol. The molecule has 1 fully saturated rings. The third-order valence-electron chi connectivity index (χ3n) is 6.07. The number of Topliss-reactive ketones (excluding diaryl/α,β-unsaturated/α-hetero) is 1. The topological polar surface area (TPSA) is 46.5 Å². The van der Waals surface area contributed by atoms with Crippen molar-refractivity contribution in [3.8, 4) is 11.5 Å². The number of aryl methyl sites for hydroxylation is 1. The van der Waals surface area contributed by atoms with Crippen LogP contribution in [-0.2, 0) is 6.42 Å². The molecule has 0 spiro atoms. The van der Waals surface area contributed by atoms with Crippen LogP contribution in [0, 0.1) is 17.6 Å². The van der Waals surface area contributed by atoms with E-state index >= 15 is 0 Å². The predicted octanol–water partition coefficient (Wildman–Crippen LogP) is 6.57. The molecular weight excluding hydrogens is 386 g/mol. The molecule has 1 aliphatic rings. The number of aromatic hydroxyl groups is 1. The molecule has 30 heavy (non-hydrogen) atoms. The van der Waals surface area contributed by atoms with Crippen molar-refractivity contribution in [3.63, 3.8) is 0 Å². The minimum atomic E-state index is -0.889. The molecule has 0 radical (unpaired) electrons. The fourth-order valence-electron chi connectivity index (χ4n) is 4.40. The smallest absolute Gasteiger partial charge is 0.207 e. The van der Waals surface area contributed by atoms with Gasteiger partial charge in [0.05, 0.1) is 12.2 Å². The third kappa shape index (κ3) is 5.00. The molecule has 0 heterocycles. The van der Waals surface area contributed by atoms with Crippen molar-refractivity contribution in [1.29, 1.82) is 0 Å². The Hall–Kier alpha value is -2.43. The number of rotatable bonds is 8. The highest BCUT2D eigenvalue weighted by molar-refractivity contribution is 5.99. The summed E-state index contributed by atoms with van der Waals surface area (Å²) in [6, 6.07) is 8.41. The van der Waals surface area contributed by atoms with E-state index in [0.29, 0.717) is 5.92 Å². The maximum absolute atomic E-state index is 14.3. The van der Waals surface area contributed by atoms with E-state index in [2.05, 4.69) is 0 Å². The summed E-state index contributed by atoms with van der Waals surface area (Å²) in [6.07, 6.45) is 5.45. The van der Waals surface area contributed by atoms with Crippen molar-refractivity contribution < 1.29 is 23.4 Å². The summed E-state index contributed by atoms with van der Waals surface area (Å²) in [5.74, 6) is -1.47. The van der Waals surface area contributed by atoms with Gasteiger partial charge in [0.15, 0.2) is 17.3 Å². The lowest BCUT2D eigenvalue weighted by molar-refractivity contribution is 0.0944. The van der Waals surface area contributed by atoms with E-state index in [9.17, 15) is 18.7 Å². The Morgan fingerprint density at radius 3 is 2.47 bits per heavy atom. The van der Waals surface area contributed by atoms with Gasteiger partial charge in [-0.15, -0.1) is 0 Å². The summed E-state index contributed by atoms with van der Waals surface area (Å²) in [7, 11) is 0. The van der Waals surface area contributed by atoms with Crippen molar-refractivity contribution in [3.05, 3.63) is 58.7 Å². The number of hydrogen-bond acceptors (Lipinski definition) is 3. The molecule has 0 bridgehead atoms. The molecule has 3 nitrogen and oxygen atoms in total. The molecule has 0 aliphatic heterocycles. The van der Waals surface area contributed by atoms with Gasteiger partial charge >= 0.3 is 0 Å². The second kappa shape index (κ2) is 10.1. The van der Waals surface area contributed by atoms with Gasteiger partial charge in [-0.05, 0) is 80.2 Å². The maximum Gasteiger partial charge on any atom is 0.207 e. The fourth-order valence-corrected chi connectivity index (χ4v) is 4.40. The zero-order valence-electron chi connectivity index (χ0n) is 17.7. The maximum atomic E-state index is 14.3. The monoisotopic (exact) mass is 416 g/mol. The van der Waals surface area contributed by atoms with Gasteiger partial charge < -0.3 is 9.84 Å². The molecular formula is C25H30F2O3. The molecule has 0 atom stereocenters. The Labute approximate surface area is 177 Å². The van der Waals surface area contributed by atoms with Gasteiger partial charge in [0.1, 0.15) is 5.82 Å². The highest BCUT2D eigenvalue weighted by atomic mass is 19.1. The first-order chi connectivity index (χ1) is 14.4. The van der Waals surface area contributed by atoms with Crippen LogP contribution in [0.25, 0.3) is 0 Å². The van der Waals surface area contributed by atoms with E-state index in [1.807, 2.05) is 19.1 Å². The zero-order chi connectivity index (χ0) is 21.7. The second-order valence-electron chi connectivity index (χ2n) is 8.15. The number of benzene rings is 2. The summed E-state index contributed by atoms with van der Waals surface area (Å²) in [4.78, 5) is 12.6. The van der Waals surface area contributed by atoms with Crippen molar-refractivity contribution >= 4 is 5.78 Å². The van der Waals surface area contributed by atoms with E-state index in [-0.39, 0.29) is 41.9 Å². The summed E-state index contributed by atoms with van der Waals surface area (Å²) in [6.45, 7) is 4.04. The largest absolute Gasteiger partial charge is 0.504 e. The highest BCUT2D eigenvalue weighted by Gasteiger charge is 2.27. The van der Waals surface area contributed by atoms with Crippen LogP contribution in [0.5, 0.6) is 11.5 Å². The van der Waals surface area contributed by atoms with Gasteiger partial charge in [-0.25, -0.2) is 4.39 Å². The summed E-state index contributed by atoms with van der Waals surface area (Å²) in [5.41, 5.74) is 1.80. The highest BCUT2D eigenvalue weighted by Crippen LogP contribution is 2.39. The van der Waals surface area contributed by atoms with E-state index < -0.39 is 11.6 Å². The predicted molar refractivity (Wildman–Crippen MR) is 113 cm³/mol. The van der Waals surface area contributed by atoms with Gasteiger partial charge in [-0.2, -0.15) is 4.39 Å². The Kier molecular flexibility index (Phi) is 7.46. The van der Waals surface area contributed by atoms with Crippen molar-refractivity contribution in [2.24, 2.45) is 5.92 Å². The van der Waals surface area contributed by atoms with Gasteiger partial charge in [0.25, 0.3) is 0 Å². The normalized spacial score (nSPS) is 18.9. The molecule has 0 saturated heterocycles.